The molecule has 1 aromatic heterocycles. The van der Waals surface area contributed by atoms with Crippen molar-refractivity contribution in [2.45, 2.75) is 44.3 Å². The van der Waals surface area contributed by atoms with Crippen LogP contribution in [0.15, 0.2) is 36.7 Å². The zero-order valence-corrected chi connectivity index (χ0v) is 12.0. The summed E-state index contributed by atoms with van der Waals surface area (Å²) in [4.78, 5) is 0. The van der Waals surface area contributed by atoms with Gasteiger partial charge in [0.2, 0.25) is 0 Å². The minimum atomic E-state index is -4.33. The van der Waals surface area contributed by atoms with Crippen molar-refractivity contribution in [3.05, 3.63) is 42.2 Å². The first kappa shape index (κ1) is 14.9. The largest absolute Gasteiger partial charge is 0.454 e. The zero-order valence-electron chi connectivity index (χ0n) is 12.0. The number of halogens is 3. The number of benzene rings is 1. The van der Waals surface area contributed by atoms with Gasteiger partial charge in [0.25, 0.3) is 0 Å². The molecule has 1 heterocycles. The van der Waals surface area contributed by atoms with Crippen LogP contribution in [-0.2, 0) is 6.18 Å². The predicted octanol–water partition coefficient (Wildman–Crippen LogP) is 5.20. The van der Waals surface area contributed by atoms with Crippen molar-refractivity contribution in [1.82, 2.24) is 9.78 Å². The van der Waals surface area contributed by atoms with E-state index in [0.717, 1.165) is 25.0 Å². The van der Waals surface area contributed by atoms with Gasteiger partial charge in [-0.15, -0.1) is 0 Å². The highest BCUT2D eigenvalue weighted by Crippen LogP contribution is 2.32. The molecule has 1 fully saturated rings. The first-order chi connectivity index (χ1) is 10.5. The molecule has 2 aromatic rings. The van der Waals surface area contributed by atoms with Gasteiger partial charge in [0.15, 0.2) is 5.75 Å². The van der Waals surface area contributed by atoms with E-state index in [2.05, 4.69) is 5.10 Å². The maximum absolute atomic E-state index is 12.5. The molecule has 22 heavy (non-hydrogen) atoms. The summed E-state index contributed by atoms with van der Waals surface area (Å²) in [6, 6.07) is 5.07. The Kier molecular flexibility index (Phi) is 4.09. The van der Waals surface area contributed by atoms with E-state index < -0.39 is 11.7 Å². The molecule has 6 heteroatoms. The second-order valence-electron chi connectivity index (χ2n) is 5.57. The summed E-state index contributed by atoms with van der Waals surface area (Å²) in [6.45, 7) is 0. The molecule has 0 unspecified atom stereocenters. The minimum Gasteiger partial charge on any atom is -0.454 e. The Morgan fingerprint density at radius 2 is 1.68 bits per heavy atom. The van der Waals surface area contributed by atoms with Gasteiger partial charge in [0, 0.05) is 0 Å². The molecule has 0 atom stereocenters. The van der Waals surface area contributed by atoms with Crippen molar-refractivity contribution >= 4 is 0 Å². The highest BCUT2D eigenvalue weighted by molar-refractivity contribution is 5.32. The summed E-state index contributed by atoms with van der Waals surface area (Å²) in [5.74, 6) is 0.918. The Morgan fingerprint density at radius 3 is 2.32 bits per heavy atom. The van der Waals surface area contributed by atoms with Crippen LogP contribution in [0, 0.1) is 0 Å². The fourth-order valence-electron chi connectivity index (χ4n) is 2.77. The third-order valence-corrected chi connectivity index (χ3v) is 3.94. The van der Waals surface area contributed by atoms with Crippen molar-refractivity contribution < 1.29 is 17.9 Å². The second kappa shape index (κ2) is 6.02. The Balaban J connectivity index is 1.67. The fraction of sp³-hybridized carbons (Fsp3) is 0.438. The van der Waals surface area contributed by atoms with Gasteiger partial charge in [0.1, 0.15) is 5.75 Å². The lowest BCUT2D eigenvalue weighted by Crippen LogP contribution is -2.12. The quantitative estimate of drug-likeness (QED) is 0.779. The molecular formula is C16H17F3N2O. The Morgan fingerprint density at radius 1 is 1.00 bits per heavy atom. The van der Waals surface area contributed by atoms with Gasteiger partial charge in [0.05, 0.1) is 24.0 Å². The number of hydrogen-bond acceptors (Lipinski definition) is 2. The Hall–Kier alpha value is -1.98. The van der Waals surface area contributed by atoms with Gasteiger partial charge in [-0.2, -0.15) is 18.3 Å². The third-order valence-electron chi connectivity index (χ3n) is 3.94. The van der Waals surface area contributed by atoms with E-state index in [0.29, 0.717) is 17.5 Å². The molecule has 0 spiro atoms. The van der Waals surface area contributed by atoms with Crippen LogP contribution >= 0.6 is 0 Å². The molecule has 1 aliphatic carbocycles. The molecule has 0 amide bonds. The van der Waals surface area contributed by atoms with Gasteiger partial charge in [-0.05, 0) is 37.1 Å². The van der Waals surface area contributed by atoms with Gasteiger partial charge in [-0.3, -0.25) is 4.68 Å². The maximum atomic E-state index is 12.5. The van der Waals surface area contributed by atoms with Crippen molar-refractivity contribution in [1.29, 1.82) is 0 Å². The van der Waals surface area contributed by atoms with Crippen molar-refractivity contribution in [2.75, 3.05) is 0 Å². The number of rotatable bonds is 3. The van der Waals surface area contributed by atoms with E-state index in [1.165, 1.54) is 31.4 Å². The summed E-state index contributed by atoms with van der Waals surface area (Å²) in [7, 11) is 0. The Labute approximate surface area is 126 Å². The van der Waals surface area contributed by atoms with Crippen LogP contribution in [0.5, 0.6) is 11.5 Å². The average Bonchev–Trinajstić information content (AvgIpc) is 2.96. The van der Waals surface area contributed by atoms with Crippen molar-refractivity contribution in [2.24, 2.45) is 0 Å². The summed E-state index contributed by atoms with van der Waals surface area (Å²) >= 11 is 0. The molecule has 1 aliphatic rings. The molecule has 3 rings (SSSR count). The Bertz CT molecular complexity index is 613. The minimum absolute atomic E-state index is 0.371. The lowest BCUT2D eigenvalue weighted by atomic mass is 9.96. The number of alkyl halides is 3. The molecule has 3 nitrogen and oxygen atoms in total. The van der Waals surface area contributed by atoms with E-state index in [1.54, 1.807) is 6.20 Å². The van der Waals surface area contributed by atoms with Crippen LogP contribution in [0.4, 0.5) is 13.2 Å². The van der Waals surface area contributed by atoms with Gasteiger partial charge < -0.3 is 4.74 Å². The highest BCUT2D eigenvalue weighted by atomic mass is 19.4. The van der Waals surface area contributed by atoms with Crippen LogP contribution < -0.4 is 4.74 Å². The topological polar surface area (TPSA) is 27.1 Å². The second-order valence-corrected chi connectivity index (χ2v) is 5.57. The zero-order chi connectivity index (χ0) is 15.6. The normalized spacial score (nSPS) is 16.7. The molecular weight excluding hydrogens is 293 g/mol. The number of hydrogen-bond donors (Lipinski definition) is 0. The molecule has 1 saturated carbocycles. The summed E-state index contributed by atoms with van der Waals surface area (Å²) < 4.78 is 45.0. The van der Waals surface area contributed by atoms with E-state index in [4.69, 9.17) is 4.74 Å². The SMILES string of the molecule is FC(F)(F)c1ccc(Oc2cnn(C3CCCCC3)c2)cc1. The maximum Gasteiger partial charge on any atom is 0.416 e. The summed E-state index contributed by atoms with van der Waals surface area (Å²) in [5, 5.41) is 4.30. The van der Waals surface area contributed by atoms with Crippen LogP contribution in [0.2, 0.25) is 0 Å². The first-order valence-electron chi connectivity index (χ1n) is 7.42. The van der Waals surface area contributed by atoms with Crippen LogP contribution in [0.1, 0.15) is 43.7 Å². The number of nitrogens with zero attached hydrogens (tertiary/aromatic N) is 2. The first-order valence-corrected chi connectivity index (χ1v) is 7.42. The van der Waals surface area contributed by atoms with Crippen LogP contribution in [-0.4, -0.2) is 9.78 Å². The monoisotopic (exact) mass is 310 g/mol. The fourth-order valence-corrected chi connectivity index (χ4v) is 2.77. The average molecular weight is 310 g/mol. The van der Waals surface area contributed by atoms with Crippen LogP contribution in [0.25, 0.3) is 0 Å². The van der Waals surface area contributed by atoms with Crippen molar-refractivity contribution in [3.8, 4) is 11.5 Å². The summed E-state index contributed by atoms with van der Waals surface area (Å²) in [5.41, 5.74) is -0.683. The highest BCUT2D eigenvalue weighted by Gasteiger charge is 2.30. The van der Waals surface area contributed by atoms with Gasteiger partial charge in [-0.1, -0.05) is 19.3 Å². The number of ether oxygens (including phenoxy) is 1. The molecule has 0 N–H and O–H groups in total. The molecule has 0 saturated heterocycles. The lowest BCUT2D eigenvalue weighted by molar-refractivity contribution is -0.137. The van der Waals surface area contributed by atoms with Gasteiger partial charge in [-0.25, -0.2) is 0 Å². The van der Waals surface area contributed by atoms with Crippen LogP contribution in [0.3, 0.4) is 0 Å². The number of aromatic nitrogens is 2. The smallest absolute Gasteiger partial charge is 0.416 e. The molecule has 0 aliphatic heterocycles. The summed E-state index contributed by atoms with van der Waals surface area (Å²) in [6.07, 6.45) is 5.00. The van der Waals surface area contributed by atoms with E-state index >= 15 is 0 Å². The van der Waals surface area contributed by atoms with Crippen molar-refractivity contribution in [3.63, 3.8) is 0 Å². The van der Waals surface area contributed by atoms with E-state index in [1.807, 2.05) is 10.9 Å². The standard InChI is InChI=1S/C16H17F3N2O/c17-16(18,19)12-6-8-14(9-7-12)22-15-10-20-21(11-15)13-4-2-1-3-5-13/h6-11,13H,1-5H2. The third kappa shape index (κ3) is 3.43. The van der Waals surface area contributed by atoms with E-state index in [-0.39, 0.29) is 0 Å². The predicted molar refractivity (Wildman–Crippen MR) is 75.9 cm³/mol. The molecule has 1 aromatic carbocycles. The van der Waals surface area contributed by atoms with E-state index in [9.17, 15) is 13.2 Å². The lowest BCUT2D eigenvalue weighted by Gasteiger charge is -2.21. The molecule has 0 radical (unpaired) electrons. The van der Waals surface area contributed by atoms with Gasteiger partial charge >= 0.3 is 6.18 Å². The molecule has 118 valence electrons. The molecule has 0 bridgehead atoms.